The maximum absolute atomic E-state index is 11.6. The number of aliphatic carboxylic acids is 1. The first kappa shape index (κ1) is 12.0. The van der Waals surface area contributed by atoms with Crippen molar-refractivity contribution in [1.29, 1.82) is 0 Å². The first-order chi connectivity index (χ1) is 7.50. The summed E-state index contributed by atoms with van der Waals surface area (Å²) < 4.78 is 0. The van der Waals surface area contributed by atoms with Crippen molar-refractivity contribution in [3.05, 3.63) is 41.5 Å². The molecule has 0 aromatic heterocycles. The molecule has 0 atom stereocenters. The fourth-order valence-electron chi connectivity index (χ4n) is 1.20. The van der Waals surface area contributed by atoms with Crippen molar-refractivity contribution in [1.82, 2.24) is 4.90 Å². The van der Waals surface area contributed by atoms with Crippen LogP contribution in [0.3, 0.4) is 0 Å². The summed E-state index contributed by atoms with van der Waals surface area (Å²) >= 11 is 0. The lowest BCUT2D eigenvalue weighted by molar-refractivity contribution is -0.131. The van der Waals surface area contributed by atoms with Gasteiger partial charge in [0.1, 0.15) is 0 Å². The van der Waals surface area contributed by atoms with E-state index in [-0.39, 0.29) is 5.91 Å². The summed E-state index contributed by atoms with van der Waals surface area (Å²) in [4.78, 5) is 23.4. The van der Waals surface area contributed by atoms with Crippen LogP contribution < -0.4 is 0 Å². The number of benzene rings is 1. The molecule has 0 aliphatic heterocycles. The molecule has 0 unspecified atom stereocenters. The Hall–Kier alpha value is -2.10. The summed E-state index contributed by atoms with van der Waals surface area (Å²) in [7, 11) is 3.34. The Morgan fingerprint density at radius 1 is 1.31 bits per heavy atom. The molecular weight excluding hydrogens is 206 g/mol. The van der Waals surface area contributed by atoms with Crippen LogP contribution in [0, 0.1) is 0 Å². The summed E-state index contributed by atoms with van der Waals surface area (Å²) in [5, 5.41) is 8.48. The number of carboxylic acids is 1. The molecule has 1 aromatic carbocycles. The molecule has 1 rings (SSSR count). The van der Waals surface area contributed by atoms with Gasteiger partial charge in [0, 0.05) is 25.7 Å². The molecule has 0 saturated carbocycles. The average molecular weight is 219 g/mol. The monoisotopic (exact) mass is 219 g/mol. The van der Waals surface area contributed by atoms with Crippen LogP contribution in [-0.2, 0) is 4.79 Å². The predicted octanol–water partition coefficient (Wildman–Crippen LogP) is 1.49. The van der Waals surface area contributed by atoms with E-state index >= 15 is 0 Å². The van der Waals surface area contributed by atoms with Crippen molar-refractivity contribution in [2.45, 2.75) is 0 Å². The predicted molar refractivity (Wildman–Crippen MR) is 61.1 cm³/mol. The third-order valence-corrected chi connectivity index (χ3v) is 1.96. The Kier molecular flexibility index (Phi) is 3.83. The van der Waals surface area contributed by atoms with Crippen LogP contribution in [0.1, 0.15) is 15.9 Å². The molecular formula is C12H13NO3. The number of carboxylic acid groups (broad SMARTS) is 1. The Morgan fingerprint density at radius 2 is 2.00 bits per heavy atom. The summed E-state index contributed by atoms with van der Waals surface area (Å²) in [6.07, 6.45) is 2.49. The second-order valence-electron chi connectivity index (χ2n) is 3.50. The molecule has 0 bridgehead atoms. The van der Waals surface area contributed by atoms with Gasteiger partial charge >= 0.3 is 5.97 Å². The summed E-state index contributed by atoms with van der Waals surface area (Å²) in [6.45, 7) is 0. The molecule has 16 heavy (non-hydrogen) atoms. The lowest BCUT2D eigenvalue weighted by atomic mass is 10.1. The van der Waals surface area contributed by atoms with E-state index in [1.165, 1.54) is 11.0 Å². The van der Waals surface area contributed by atoms with Crippen molar-refractivity contribution >= 4 is 18.0 Å². The molecule has 4 heteroatoms. The molecule has 4 nitrogen and oxygen atoms in total. The van der Waals surface area contributed by atoms with Gasteiger partial charge in [-0.05, 0) is 23.8 Å². The van der Waals surface area contributed by atoms with Crippen molar-refractivity contribution in [3.63, 3.8) is 0 Å². The van der Waals surface area contributed by atoms with Crippen molar-refractivity contribution < 1.29 is 14.7 Å². The van der Waals surface area contributed by atoms with Gasteiger partial charge in [-0.2, -0.15) is 0 Å². The summed E-state index contributed by atoms with van der Waals surface area (Å²) in [5.74, 6) is -1.12. The average Bonchev–Trinajstić information content (AvgIpc) is 2.25. The van der Waals surface area contributed by atoms with Crippen molar-refractivity contribution in [3.8, 4) is 0 Å². The summed E-state index contributed by atoms with van der Waals surface area (Å²) in [6, 6.07) is 6.81. The standard InChI is InChI=1S/C12H13NO3/c1-13(2)12(16)10-5-3-4-9(8-10)6-7-11(14)15/h3-8H,1-2H3,(H,14,15)/b7-6+. The van der Waals surface area contributed by atoms with Crippen LogP contribution in [0.15, 0.2) is 30.3 Å². The Morgan fingerprint density at radius 3 is 2.56 bits per heavy atom. The lowest BCUT2D eigenvalue weighted by Gasteiger charge is -2.10. The molecule has 1 amide bonds. The maximum Gasteiger partial charge on any atom is 0.328 e. The van der Waals surface area contributed by atoms with Gasteiger partial charge in [0.25, 0.3) is 5.91 Å². The zero-order valence-corrected chi connectivity index (χ0v) is 9.18. The Bertz CT molecular complexity index is 436. The van der Waals surface area contributed by atoms with E-state index in [9.17, 15) is 9.59 Å². The van der Waals surface area contributed by atoms with Crippen molar-refractivity contribution in [2.75, 3.05) is 14.1 Å². The highest BCUT2D eigenvalue weighted by molar-refractivity contribution is 5.94. The smallest absolute Gasteiger partial charge is 0.328 e. The molecule has 0 heterocycles. The van der Waals surface area contributed by atoms with E-state index in [0.29, 0.717) is 11.1 Å². The molecule has 0 fully saturated rings. The number of carbonyl (C=O) groups is 2. The van der Waals surface area contributed by atoms with Gasteiger partial charge < -0.3 is 10.0 Å². The van der Waals surface area contributed by atoms with Crippen LogP contribution >= 0.6 is 0 Å². The van der Waals surface area contributed by atoms with Gasteiger partial charge in [-0.3, -0.25) is 4.79 Å². The van der Waals surface area contributed by atoms with E-state index in [1.807, 2.05) is 0 Å². The number of nitrogens with zero attached hydrogens (tertiary/aromatic N) is 1. The molecule has 0 aliphatic rings. The maximum atomic E-state index is 11.6. The van der Waals surface area contributed by atoms with Crippen LogP contribution in [0.25, 0.3) is 6.08 Å². The van der Waals surface area contributed by atoms with E-state index < -0.39 is 5.97 Å². The molecule has 84 valence electrons. The Balaban J connectivity index is 2.95. The minimum atomic E-state index is -1.01. The Labute approximate surface area is 93.8 Å². The normalized spacial score (nSPS) is 10.4. The van der Waals surface area contributed by atoms with E-state index in [4.69, 9.17) is 5.11 Å². The highest BCUT2D eigenvalue weighted by atomic mass is 16.4. The fraction of sp³-hybridized carbons (Fsp3) is 0.167. The van der Waals surface area contributed by atoms with Crippen LogP contribution in [0.4, 0.5) is 0 Å². The minimum absolute atomic E-state index is 0.106. The zero-order valence-electron chi connectivity index (χ0n) is 9.18. The van der Waals surface area contributed by atoms with Gasteiger partial charge in [-0.1, -0.05) is 12.1 Å². The number of hydrogen-bond donors (Lipinski definition) is 1. The van der Waals surface area contributed by atoms with Gasteiger partial charge in [0.2, 0.25) is 0 Å². The molecule has 0 saturated heterocycles. The van der Waals surface area contributed by atoms with Crippen LogP contribution in [-0.4, -0.2) is 36.0 Å². The largest absolute Gasteiger partial charge is 0.478 e. The fourth-order valence-corrected chi connectivity index (χ4v) is 1.20. The van der Waals surface area contributed by atoms with Crippen molar-refractivity contribution in [2.24, 2.45) is 0 Å². The first-order valence-corrected chi connectivity index (χ1v) is 4.73. The third kappa shape index (κ3) is 3.24. The molecule has 1 N–H and O–H groups in total. The minimum Gasteiger partial charge on any atom is -0.478 e. The van der Waals surface area contributed by atoms with Gasteiger partial charge in [-0.15, -0.1) is 0 Å². The van der Waals surface area contributed by atoms with Gasteiger partial charge in [0.15, 0.2) is 0 Å². The van der Waals surface area contributed by atoms with E-state index in [0.717, 1.165) is 6.08 Å². The third-order valence-electron chi connectivity index (χ3n) is 1.96. The van der Waals surface area contributed by atoms with Gasteiger partial charge in [-0.25, -0.2) is 4.79 Å². The highest BCUT2D eigenvalue weighted by Crippen LogP contribution is 2.08. The molecule has 0 aliphatic carbocycles. The topological polar surface area (TPSA) is 57.6 Å². The second-order valence-corrected chi connectivity index (χ2v) is 3.50. The number of rotatable bonds is 3. The van der Waals surface area contributed by atoms with Crippen LogP contribution in [0.2, 0.25) is 0 Å². The number of carbonyl (C=O) groups excluding carboxylic acids is 1. The molecule has 1 aromatic rings. The SMILES string of the molecule is CN(C)C(=O)c1cccc(/C=C/C(=O)O)c1. The lowest BCUT2D eigenvalue weighted by Crippen LogP contribution is -2.21. The highest BCUT2D eigenvalue weighted by Gasteiger charge is 2.06. The van der Waals surface area contributed by atoms with E-state index in [2.05, 4.69) is 0 Å². The molecule has 0 radical (unpaired) electrons. The number of amides is 1. The quantitative estimate of drug-likeness (QED) is 0.783. The zero-order chi connectivity index (χ0) is 12.1. The molecule has 0 spiro atoms. The van der Waals surface area contributed by atoms with Crippen LogP contribution in [0.5, 0.6) is 0 Å². The summed E-state index contributed by atoms with van der Waals surface area (Å²) in [5.41, 5.74) is 1.23. The second kappa shape index (κ2) is 5.11. The van der Waals surface area contributed by atoms with E-state index in [1.54, 1.807) is 38.4 Å². The first-order valence-electron chi connectivity index (χ1n) is 4.73. The van der Waals surface area contributed by atoms with Gasteiger partial charge in [0.05, 0.1) is 0 Å². The number of hydrogen-bond acceptors (Lipinski definition) is 2.